The summed E-state index contributed by atoms with van der Waals surface area (Å²) in [6, 6.07) is 6.89. The van der Waals surface area contributed by atoms with Crippen molar-refractivity contribution in [1.82, 2.24) is 0 Å². The van der Waals surface area contributed by atoms with E-state index in [1.54, 1.807) is 11.1 Å². The van der Waals surface area contributed by atoms with E-state index in [4.69, 9.17) is 4.74 Å². The van der Waals surface area contributed by atoms with Crippen LogP contribution >= 0.6 is 0 Å². The smallest absolute Gasteiger partial charge is 0.0571 e. The minimum absolute atomic E-state index is 0.492. The molecule has 3 rings (SSSR count). The topological polar surface area (TPSA) is 9.23 Å². The molecule has 1 nitrogen and oxygen atoms in total. The first kappa shape index (κ1) is 15.6. The highest BCUT2D eigenvalue weighted by Gasteiger charge is 2.40. The van der Waals surface area contributed by atoms with Crippen LogP contribution in [0.2, 0.25) is 0 Å². The highest BCUT2D eigenvalue weighted by atomic mass is 16.5. The molecular weight excluding hydrogens is 268 g/mol. The van der Waals surface area contributed by atoms with Crippen molar-refractivity contribution in [2.75, 3.05) is 7.11 Å². The zero-order valence-electron chi connectivity index (χ0n) is 14.2. The number of ether oxygens (including phenoxy) is 1. The van der Waals surface area contributed by atoms with Crippen LogP contribution in [0.4, 0.5) is 0 Å². The maximum absolute atomic E-state index is 5.54. The molecule has 2 aliphatic rings. The molecule has 0 heterocycles. The van der Waals surface area contributed by atoms with E-state index in [1.807, 2.05) is 7.11 Å². The van der Waals surface area contributed by atoms with Gasteiger partial charge in [0.1, 0.15) is 0 Å². The van der Waals surface area contributed by atoms with E-state index < -0.39 is 0 Å². The van der Waals surface area contributed by atoms with Gasteiger partial charge in [0.05, 0.1) is 6.10 Å². The van der Waals surface area contributed by atoms with Crippen LogP contribution in [-0.4, -0.2) is 13.2 Å². The Balaban J connectivity index is 1.70. The van der Waals surface area contributed by atoms with Gasteiger partial charge in [-0.05, 0) is 73.1 Å². The van der Waals surface area contributed by atoms with Crippen LogP contribution < -0.4 is 0 Å². The molecule has 0 aliphatic heterocycles. The molecule has 118 valence electrons. The Morgan fingerprint density at radius 1 is 1.18 bits per heavy atom. The second kappa shape index (κ2) is 6.47. The van der Waals surface area contributed by atoms with Crippen LogP contribution in [0.3, 0.4) is 0 Å². The Morgan fingerprint density at radius 2 is 1.91 bits per heavy atom. The van der Waals surface area contributed by atoms with Crippen molar-refractivity contribution in [3.8, 4) is 11.8 Å². The molecule has 0 N–H and O–H groups in total. The molecule has 0 aromatic heterocycles. The quantitative estimate of drug-likeness (QED) is 0.715. The fraction of sp³-hybridized carbons (Fsp3) is 0.619. The summed E-state index contributed by atoms with van der Waals surface area (Å²) in [5.74, 6) is 7.31. The fourth-order valence-electron chi connectivity index (χ4n) is 4.06. The summed E-state index contributed by atoms with van der Waals surface area (Å²) in [7, 11) is 1.86. The standard InChI is InChI=1S/C21H28O/c1-16(2)5-4-6-17-7-8-18-14-21(15-19(18)13-17)11-9-20(22-3)10-12-21/h7-8,13,16,20H,5,9-12,14-15H2,1-3H3. The molecule has 1 saturated carbocycles. The van der Waals surface area contributed by atoms with Gasteiger partial charge in [0.15, 0.2) is 0 Å². The third-order valence-corrected chi connectivity index (χ3v) is 5.41. The van der Waals surface area contributed by atoms with Gasteiger partial charge in [-0.1, -0.05) is 31.8 Å². The number of fused-ring (bicyclic) bond motifs is 1. The molecule has 0 radical (unpaired) electrons. The number of rotatable bonds is 2. The van der Waals surface area contributed by atoms with Crippen molar-refractivity contribution in [1.29, 1.82) is 0 Å². The molecule has 2 aliphatic carbocycles. The third kappa shape index (κ3) is 3.39. The first-order valence-electron chi connectivity index (χ1n) is 8.74. The summed E-state index contributed by atoms with van der Waals surface area (Å²) in [6.45, 7) is 4.44. The highest BCUT2D eigenvalue weighted by Crippen LogP contribution is 2.47. The maximum atomic E-state index is 5.54. The molecule has 0 saturated heterocycles. The van der Waals surface area contributed by atoms with Crippen molar-refractivity contribution in [3.05, 3.63) is 34.9 Å². The zero-order valence-corrected chi connectivity index (χ0v) is 14.2. The van der Waals surface area contributed by atoms with Crippen LogP contribution in [0.25, 0.3) is 0 Å². The maximum Gasteiger partial charge on any atom is 0.0571 e. The number of methoxy groups -OCH3 is 1. The predicted molar refractivity (Wildman–Crippen MR) is 91.9 cm³/mol. The molecule has 0 atom stereocenters. The highest BCUT2D eigenvalue weighted by molar-refractivity contribution is 5.44. The molecule has 1 aromatic carbocycles. The molecule has 22 heavy (non-hydrogen) atoms. The van der Waals surface area contributed by atoms with E-state index >= 15 is 0 Å². The number of hydrogen-bond acceptors (Lipinski definition) is 1. The molecular formula is C21H28O. The van der Waals surface area contributed by atoms with Crippen molar-refractivity contribution in [2.24, 2.45) is 11.3 Å². The summed E-state index contributed by atoms with van der Waals surface area (Å²) in [4.78, 5) is 0. The van der Waals surface area contributed by atoms with Crippen LogP contribution in [0.1, 0.15) is 62.6 Å². The lowest BCUT2D eigenvalue weighted by Crippen LogP contribution is -2.31. The molecule has 0 amide bonds. The first-order valence-corrected chi connectivity index (χ1v) is 8.74. The van der Waals surface area contributed by atoms with Crippen LogP contribution in [0.15, 0.2) is 18.2 Å². The van der Waals surface area contributed by atoms with Crippen LogP contribution in [0.5, 0.6) is 0 Å². The summed E-state index contributed by atoms with van der Waals surface area (Å²) in [5.41, 5.74) is 4.82. The SMILES string of the molecule is COC1CCC2(CC1)Cc1ccc(C#CCC(C)C)cc1C2. The molecule has 1 heteroatoms. The van der Waals surface area contributed by atoms with E-state index in [1.165, 1.54) is 44.1 Å². The van der Waals surface area contributed by atoms with Gasteiger partial charge in [0.2, 0.25) is 0 Å². The van der Waals surface area contributed by atoms with Gasteiger partial charge in [0, 0.05) is 19.1 Å². The van der Waals surface area contributed by atoms with Crippen molar-refractivity contribution in [2.45, 2.75) is 64.9 Å². The Morgan fingerprint density at radius 3 is 2.59 bits per heavy atom. The van der Waals surface area contributed by atoms with Gasteiger partial charge < -0.3 is 4.74 Å². The molecule has 1 spiro atoms. The fourth-order valence-corrected chi connectivity index (χ4v) is 4.06. The summed E-state index contributed by atoms with van der Waals surface area (Å²) < 4.78 is 5.54. The molecule has 1 fully saturated rings. The minimum atomic E-state index is 0.492. The molecule has 0 unspecified atom stereocenters. The average molecular weight is 296 g/mol. The Bertz CT molecular complexity index is 580. The van der Waals surface area contributed by atoms with Gasteiger partial charge in [-0.15, -0.1) is 0 Å². The van der Waals surface area contributed by atoms with Gasteiger partial charge in [-0.25, -0.2) is 0 Å². The number of benzene rings is 1. The van der Waals surface area contributed by atoms with Gasteiger partial charge in [-0.3, -0.25) is 0 Å². The zero-order chi connectivity index (χ0) is 15.6. The van der Waals surface area contributed by atoms with E-state index in [2.05, 4.69) is 43.9 Å². The van der Waals surface area contributed by atoms with Crippen molar-refractivity contribution in [3.63, 3.8) is 0 Å². The second-order valence-electron chi connectivity index (χ2n) is 7.67. The first-order chi connectivity index (χ1) is 10.6. The summed E-state index contributed by atoms with van der Waals surface area (Å²) in [5, 5.41) is 0. The lowest BCUT2D eigenvalue weighted by atomic mass is 9.71. The van der Waals surface area contributed by atoms with Crippen LogP contribution in [-0.2, 0) is 17.6 Å². The Hall–Kier alpha value is -1.26. The van der Waals surface area contributed by atoms with Crippen molar-refractivity contribution >= 4 is 0 Å². The molecule has 0 bridgehead atoms. The van der Waals surface area contributed by atoms with E-state index in [0.717, 1.165) is 6.42 Å². The second-order valence-corrected chi connectivity index (χ2v) is 7.67. The summed E-state index contributed by atoms with van der Waals surface area (Å²) >= 11 is 0. The summed E-state index contributed by atoms with van der Waals surface area (Å²) in [6.07, 6.45) is 9.07. The third-order valence-electron chi connectivity index (χ3n) is 5.41. The minimum Gasteiger partial charge on any atom is -0.381 e. The van der Waals surface area contributed by atoms with Crippen LogP contribution in [0, 0.1) is 23.2 Å². The van der Waals surface area contributed by atoms with Crippen molar-refractivity contribution < 1.29 is 4.74 Å². The largest absolute Gasteiger partial charge is 0.381 e. The van der Waals surface area contributed by atoms with E-state index in [-0.39, 0.29) is 0 Å². The predicted octanol–water partition coefficient (Wildman–Crippen LogP) is 4.76. The lowest BCUT2D eigenvalue weighted by Gasteiger charge is -2.36. The Labute approximate surface area is 135 Å². The molecule has 1 aromatic rings. The van der Waals surface area contributed by atoms with Gasteiger partial charge in [-0.2, -0.15) is 0 Å². The average Bonchev–Trinajstić information content (AvgIpc) is 2.85. The lowest BCUT2D eigenvalue weighted by molar-refractivity contribution is 0.0298. The number of hydrogen-bond donors (Lipinski definition) is 0. The monoisotopic (exact) mass is 296 g/mol. The van der Waals surface area contributed by atoms with E-state index in [0.29, 0.717) is 17.4 Å². The van der Waals surface area contributed by atoms with E-state index in [9.17, 15) is 0 Å². The van der Waals surface area contributed by atoms with Gasteiger partial charge in [0.25, 0.3) is 0 Å². The normalized spacial score (nSPS) is 26.8. The Kier molecular flexibility index (Phi) is 4.59. The van der Waals surface area contributed by atoms with Gasteiger partial charge >= 0.3 is 0 Å².